The number of nitrogens with one attached hydrogen (secondary N) is 1. The van der Waals surface area contributed by atoms with Gasteiger partial charge in [0.1, 0.15) is 12.1 Å². The summed E-state index contributed by atoms with van der Waals surface area (Å²) in [5, 5.41) is 2.81. The Kier molecular flexibility index (Phi) is 4.12. The molecule has 1 N–H and O–H groups in total. The predicted octanol–water partition coefficient (Wildman–Crippen LogP) is 2.32. The second kappa shape index (κ2) is 5.65. The van der Waals surface area contributed by atoms with Crippen molar-refractivity contribution in [3.63, 3.8) is 0 Å². The quantitative estimate of drug-likeness (QED) is 0.919. The summed E-state index contributed by atoms with van der Waals surface area (Å²) < 4.78 is 0. The van der Waals surface area contributed by atoms with Crippen molar-refractivity contribution in [3.05, 3.63) is 29.3 Å². The largest absolute Gasteiger partial charge is 0.342 e. The Bertz CT molecular complexity index is 539. The minimum Gasteiger partial charge on any atom is -0.342 e. The van der Waals surface area contributed by atoms with E-state index in [1.807, 2.05) is 45.9 Å². The van der Waals surface area contributed by atoms with E-state index in [4.69, 9.17) is 0 Å². The maximum atomic E-state index is 12.6. The summed E-state index contributed by atoms with van der Waals surface area (Å²) in [4.78, 5) is 26.4. The van der Waals surface area contributed by atoms with Gasteiger partial charge in [0.2, 0.25) is 11.8 Å². The molecule has 108 valence electrons. The van der Waals surface area contributed by atoms with Crippen molar-refractivity contribution in [2.24, 2.45) is 0 Å². The van der Waals surface area contributed by atoms with Crippen LogP contribution in [0.4, 0.5) is 5.69 Å². The number of aryl methyl sites for hydroxylation is 2. The second-order valence-corrected chi connectivity index (χ2v) is 5.37. The van der Waals surface area contributed by atoms with E-state index in [0.29, 0.717) is 12.8 Å². The highest BCUT2D eigenvalue weighted by molar-refractivity contribution is 6.08. The van der Waals surface area contributed by atoms with Gasteiger partial charge in [0.25, 0.3) is 0 Å². The summed E-state index contributed by atoms with van der Waals surface area (Å²) in [6.45, 7) is 7.90. The van der Waals surface area contributed by atoms with Crippen LogP contribution in [0.5, 0.6) is 0 Å². The van der Waals surface area contributed by atoms with Gasteiger partial charge in [-0.25, -0.2) is 0 Å². The molecule has 1 aromatic rings. The standard InChI is InChI=1S/C16H22N2O2/c1-5-13-16(20)18(14(6-2)15(19)17-13)12-8-7-10(3)11(4)9-12/h7-9,13-14H,5-6H2,1-4H3,(H,17,19). The highest BCUT2D eigenvalue weighted by Gasteiger charge is 2.39. The van der Waals surface area contributed by atoms with Crippen LogP contribution in [0.15, 0.2) is 18.2 Å². The average Bonchev–Trinajstić information content (AvgIpc) is 2.43. The Hall–Kier alpha value is -1.84. The van der Waals surface area contributed by atoms with Crippen LogP contribution in [0.1, 0.15) is 37.8 Å². The van der Waals surface area contributed by atoms with Crippen molar-refractivity contribution in [3.8, 4) is 0 Å². The lowest BCUT2D eigenvalue weighted by Crippen LogP contribution is -2.63. The molecule has 1 aromatic carbocycles. The molecule has 1 aliphatic heterocycles. The maximum absolute atomic E-state index is 12.6. The number of rotatable bonds is 3. The number of hydrogen-bond donors (Lipinski definition) is 1. The topological polar surface area (TPSA) is 49.4 Å². The van der Waals surface area contributed by atoms with E-state index in [-0.39, 0.29) is 11.8 Å². The number of amides is 2. The van der Waals surface area contributed by atoms with E-state index in [2.05, 4.69) is 5.32 Å². The number of anilines is 1. The fourth-order valence-corrected chi connectivity index (χ4v) is 2.60. The van der Waals surface area contributed by atoms with E-state index >= 15 is 0 Å². The lowest BCUT2D eigenvalue weighted by molar-refractivity contribution is -0.134. The highest BCUT2D eigenvalue weighted by Crippen LogP contribution is 2.25. The van der Waals surface area contributed by atoms with Gasteiger partial charge in [-0.2, -0.15) is 0 Å². The Morgan fingerprint density at radius 1 is 1.10 bits per heavy atom. The number of piperazine rings is 1. The van der Waals surface area contributed by atoms with Crippen LogP contribution in [0, 0.1) is 13.8 Å². The molecule has 4 heteroatoms. The van der Waals surface area contributed by atoms with Crippen LogP contribution in [-0.2, 0) is 9.59 Å². The van der Waals surface area contributed by atoms with Crippen molar-refractivity contribution < 1.29 is 9.59 Å². The molecular formula is C16H22N2O2. The minimum absolute atomic E-state index is 0.0118. The molecule has 0 aliphatic carbocycles. The molecule has 2 unspecified atom stereocenters. The monoisotopic (exact) mass is 274 g/mol. The van der Waals surface area contributed by atoms with Crippen molar-refractivity contribution in [1.82, 2.24) is 5.32 Å². The molecule has 1 saturated heterocycles. The third kappa shape index (κ3) is 2.42. The van der Waals surface area contributed by atoms with Crippen molar-refractivity contribution >= 4 is 17.5 Å². The molecule has 1 fully saturated rings. The SMILES string of the molecule is CCC1NC(=O)C(CC)N(c2ccc(C)c(C)c2)C1=O. The number of carbonyl (C=O) groups excluding carboxylic acids is 2. The molecule has 2 amide bonds. The normalized spacial score (nSPS) is 22.9. The molecule has 0 aromatic heterocycles. The van der Waals surface area contributed by atoms with E-state index in [1.165, 1.54) is 5.56 Å². The van der Waals surface area contributed by atoms with Gasteiger partial charge in [-0.1, -0.05) is 19.9 Å². The van der Waals surface area contributed by atoms with E-state index in [1.54, 1.807) is 4.90 Å². The first-order valence-electron chi connectivity index (χ1n) is 7.20. The second-order valence-electron chi connectivity index (χ2n) is 5.37. The van der Waals surface area contributed by atoms with Crippen LogP contribution >= 0.6 is 0 Å². The Morgan fingerprint density at radius 2 is 1.80 bits per heavy atom. The summed E-state index contributed by atoms with van der Waals surface area (Å²) >= 11 is 0. The zero-order chi connectivity index (χ0) is 14.9. The molecule has 0 radical (unpaired) electrons. The summed E-state index contributed by atoms with van der Waals surface area (Å²) in [6, 6.07) is 5.09. The van der Waals surface area contributed by atoms with Gasteiger partial charge >= 0.3 is 0 Å². The molecule has 20 heavy (non-hydrogen) atoms. The van der Waals surface area contributed by atoms with Crippen LogP contribution in [0.25, 0.3) is 0 Å². The van der Waals surface area contributed by atoms with Gasteiger partial charge in [-0.05, 0) is 49.9 Å². The zero-order valence-electron chi connectivity index (χ0n) is 12.6. The van der Waals surface area contributed by atoms with Gasteiger partial charge in [0, 0.05) is 5.69 Å². The van der Waals surface area contributed by atoms with Gasteiger partial charge in [0.15, 0.2) is 0 Å². The third-order valence-corrected chi connectivity index (χ3v) is 4.03. The molecule has 1 aliphatic rings. The van der Waals surface area contributed by atoms with Gasteiger partial charge in [0.05, 0.1) is 0 Å². The first-order chi connectivity index (χ1) is 9.49. The fraction of sp³-hybridized carbons (Fsp3) is 0.500. The third-order valence-electron chi connectivity index (χ3n) is 4.03. The Morgan fingerprint density at radius 3 is 2.35 bits per heavy atom. The maximum Gasteiger partial charge on any atom is 0.250 e. The first kappa shape index (κ1) is 14.6. The molecule has 0 spiro atoms. The van der Waals surface area contributed by atoms with Gasteiger partial charge in [-0.15, -0.1) is 0 Å². The van der Waals surface area contributed by atoms with Crippen molar-refractivity contribution in [1.29, 1.82) is 0 Å². The first-order valence-corrected chi connectivity index (χ1v) is 7.20. The van der Waals surface area contributed by atoms with E-state index in [9.17, 15) is 9.59 Å². The van der Waals surface area contributed by atoms with Gasteiger partial charge < -0.3 is 5.32 Å². The van der Waals surface area contributed by atoms with Crippen LogP contribution in [0.3, 0.4) is 0 Å². The van der Waals surface area contributed by atoms with Crippen molar-refractivity contribution in [2.45, 2.75) is 52.6 Å². The summed E-state index contributed by atoms with van der Waals surface area (Å²) in [7, 11) is 0. The molecule has 2 rings (SSSR count). The van der Waals surface area contributed by atoms with Crippen LogP contribution < -0.4 is 10.2 Å². The average molecular weight is 274 g/mol. The zero-order valence-corrected chi connectivity index (χ0v) is 12.6. The van der Waals surface area contributed by atoms with E-state index in [0.717, 1.165) is 11.3 Å². The molecule has 4 nitrogen and oxygen atoms in total. The number of benzene rings is 1. The minimum atomic E-state index is -0.410. The molecule has 0 saturated carbocycles. The Labute approximate surface area is 120 Å². The van der Waals surface area contributed by atoms with Gasteiger partial charge in [-0.3, -0.25) is 14.5 Å². The lowest BCUT2D eigenvalue weighted by Gasteiger charge is -2.38. The number of carbonyl (C=O) groups is 2. The summed E-state index contributed by atoms with van der Waals surface area (Å²) in [5.74, 6) is -0.0700. The Balaban J connectivity index is 2.44. The summed E-state index contributed by atoms with van der Waals surface area (Å²) in [6.07, 6.45) is 1.23. The predicted molar refractivity (Wildman–Crippen MR) is 79.7 cm³/mol. The van der Waals surface area contributed by atoms with Crippen LogP contribution in [0.2, 0.25) is 0 Å². The van der Waals surface area contributed by atoms with E-state index < -0.39 is 12.1 Å². The molecule has 1 heterocycles. The number of nitrogens with zero attached hydrogens (tertiary/aromatic N) is 1. The molecular weight excluding hydrogens is 252 g/mol. The smallest absolute Gasteiger partial charge is 0.250 e. The number of hydrogen-bond acceptors (Lipinski definition) is 2. The molecule has 2 atom stereocenters. The lowest BCUT2D eigenvalue weighted by atomic mass is 10.0. The molecule has 0 bridgehead atoms. The van der Waals surface area contributed by atoms with Crippen LogP contribution in [-0.4, -0.2) is 23.9 Å². The fourth-order valence-electron chi connectivity index (χ4n) is 2.60. The van der Waals surface area contributed by atoms with Crippen molar-refractivity contribution in [2.75, 3.05) is 4.90 Å². The highest BCUT2D eigenvalue weighted by atomic mass is 16.2. The summed E-state index contributed by atoms with van der Waals surface area (Å²) in [5.41, 5.74) is 3.13.